The van der Waals surface area contributed by atoms with Gasteiger partial charge in [0, 0.05) is 0 Å². The second-order valence-corrected chi connectivity index (χ2v) is 4.84. The Balaban J connectivity index is 2.96. The van der Waals surface area contributed by atoms with Gasteiger partial charge in [-0.1, -0.05) is 0 Å². The van der Waals surface area contributed by atoms with Crippen LogP contribution in [0.4, 0.5) is 19.3 Å². The Labute approximate surface area is 104 Å². The Kier molecular flexibility index (Phi) is 3.79. The summed E-state index contributed by atoms with van der Waals surface area (Å²) in [5, 5.41) is 11.3. The van der Waals surface area contributed by atoms with Gasteiger partial charge < -0.3 is 9.84 Å². The van der Waals surface area contributed by atoms with E-state index in [1.54, 1.807) is 20.8 Å². The van der Waals surface area contributed by atoms with E-state index in [0.717, 1.165) is 6.07 Å². The number of benzene rings is 1. The molecule has 1 aromatic carbocycles. The maximum absolute atomic E-state index is 13.4. The minimum absolute atomic E-state index is 0.111. The van der Waals surface area contributed by atoms with Gasteiger partial charge >= 0.3 is 6.09 Å². The molecule has 0 atom stereocenters. The first-order chi connectivity index (χ1) is 8.11. The molecule has 18 heavy (non-hydrogen) atoms. The number of aromatic hydroxyl groups is 1. The van der Waals surface area contributed by atoms with E-state index < -0.39 is 29.1 Å². The maximum atomic E-state index is 13.4. The monoisotopic (exact) mass is 259 g/mol. The molecule has 2 N–H and O–H groups in total. The molecular formula is C12H15F2NO3. The largest absolute Gasteiger partial charge is 0.505 e. The van der Waals surface area contributed by atoms with Crippen LogP contribution in [-0.2, 0) is 4.74 Å². The quantitative estimate of drug-likeness (QED) is 0.760. The number of carbonyl (C=O) groups excluding carboxylic acids is 1. The zero-order chi connectivity index (χ0) is 14.1. The number of amides is 1. The molecule has 0 aliphatic heterocycles. The van der Waals surface area contributed by atoms with E-state index in [-0.39, 0.29) is 11.3 Å². The summed E-state index contributed by atoms with van der Waals surface area (Å²) < 4.78 is 31.6. The van der Waals surface area contributed by atoms with E-state index in [0.29, 0.717) is 0 Å². The highest BCUT2D eigenvalue weighted by Crippen LogP contribution is 2.29. The smallest absolute Gasteiger partial charge is 0.412 e. The summed E-state index contributed by atoms with van der Waals surface area (Å²) in [6, 6.07) is 1.12. The predicted molar refractivity (Wildman–Crippen MR) is 62.6 cm³/mol. The summed E-state index contributed by atoms with van der Waals surface area (Å²) in [6.07, 6.45) is -0.897. The molecule has 0 radical (unpaired) electrons. The van der Waals surface area contributed by atoms with E-state index in [4.69, 9.17) is 4.74 Å². The molecule has 0 spiro atoms. The molecule has 0 aliphatic rings. The fourth-order valence-corrected chi connectivity index (χ4v) is 1.25. The molecule has 0 aromatic heterocycles. The molecule has 4 nitrogen and oxygen atoms in total. The van der Waals surface area contributed by atoms with E-state index in [1.807, 2.05) is 0 Å². The highest BCUT2D eigenvalue weighted by Gasteiger charge is 2.20. The van der Waals surface area contributed by atoms with Crippen molar-refractivity contribution in [2.24, 2.45) is 0 Å². The lowest BCUT2D eigenvalue weighted by atomic mass is 10.2. The lowest BCUT2D eigenvalue weighted by molar-refractivity contribution is 0.0635. The summed E-state index contributed by atoms with van der Waals surface area (Å²) in [5.74, 6) is -3.51. The maximum Gasteiger partial charge on any atom is 0.412 e. The first-order valence-electron chi connectivity index (χ1n) is 5.29. The highest BCUT2D eigenvalue weighted by atomic mass is 19.2. The van der Waals surface area contributed by atoms with E-state index in [2.05, 4.69) is 5.32 Å². The molecule has 0 aliphatic carbocycles. The topological polar surface area (TPSA) is 58.6 Å². The van der Waals surface area contributed by atoms with Gasteiger partial charge in [-0.3, -0.25) is 5.32 Å². The van der Waals surface area contributed by atoms with Gasteiger partial charge in [-0.2, -0.15) is 4.39 Å². The van der Waals surface area contributed by atoms with Gasteiger partial charge in [0.15, 0.2) is 11.6 Å². The van der Waals surface area contributed by atoms with Crippen molar-refractivity contribution in [3.05, 3.63) is 23.3 Å². The molecule has 0 bridgehead atoms. The van der Waals surface area contributed by atoms with Crippen molar-refractivity contribution in [1.29, 1.82) is 0 Å². The van der Waals surface area contributed by atoms with Crippen molar-refractivity contribution in [2.45, 2.75) is 33.3 Å². The molecule has 0 unspecified atom stereocenters. The van der Waals surface area contributed by atoms with Crippen molar-refractivity contribution >= 4 is 11.8 Å². The lowest BCUT2D eigenvalue weighted by Crippen LogP contribution is -2.27. The van der Waals surface area contributed by atoms with Crippen molar-refractivity contribution in [3.63, 3.8) is 0 Å². The van der Waals surface area contributed by atoms with Crippen LogP contribution in [0.5, 0.6) is 5.75 Å². The molecule has 1 aromatic rings. The van der Waals surface area contributed by atoms with Crippen LogP contribution in [0.2, 0.25) is 0 Å². The normalized spacial score (nSPS) is 11.2. The SMILES string of the molecule is Cc1cc(NC(=O)OC(C)(C)C)c(F)c(F)c1O. The van der Waals surface area contributed by atoms with Crippen LogP contribution in [0, 0.1) is 18.6 Å². The van der Waals surface area contributed by atoms with Crippen LogP contribution >= 0.6 is 0 Å². The average Bonchev–Trinajstić information content (AvgIpc) is 2.20. The first-order valence-corrected chi connectivity index (χ1v) is 5.29. The van der Waals surface area contributed by atoms with Gasteiger partial charge in [0.2, 0.25) is 5.82 Å². The van der Waals surface area contributed by atoms with Crippen molar-refractivity contribution in [2.75, 3.05) is 5.32 Å². The molecular weight excluding hydrogens is 244 g/mol. The van der Waals surface area contributed by atoms with Crippen LogP contribution in [-0.4, -0.2) is 16.8 Å². The standard InChI is InChI=1S/C12H15F2NO3/c1-6-5-7(8(13)9(14)10(6)16)15-11(17)18-12(2,3)4/h5,16H,1-4H3,(H,15,17). The molecule has 0 saturated carbocycles. The van der Waals surface area contributed by atoms with Gasteiger partial charge in [-0.25, -0.2) is 9.18 Å². The third-order valence-corrected chi connectivity index (χ3v) is 2.01. The molecule has 1 amide bonds. The Morgan fingerprint density at radius 3 is 2.39 bits per heavy atom. The van der Waals surface area contributed by atoms with Crippen LogP contribution in [0.15, 0.2) is 6.07 Å². The van der Waals surface area contributed by atoms with Gasteiger partial charge in [-0.15, -0.1) is 0 Å². The van der Waals surface area contributed by atoms with Gasteiger partial charge in [0.25, 0.3) is 0 Å². The Bertz CT molecular complexity index is 481. The summed E-state index contributed by atoms with van der Waals surface area (Å²) >= 11 is 0. The molecule has 0 heterocycles. The molecule has 1 rings (SSSR count). The van der Waals surface area contributed by atoms with Crippen LogP contribution in [0.3, 0.4) is 0 Å². The second kappa shape index (κ2) is 4.80. The zero-order valence-corrected chi connectivity index (χ0v) is 10.6. The van der Waals surface area contributed by atoms with Crippen molar-refractivity contribution in [1.82, 2.24) is 0 Å². The number of hydrogen-bond acceptors (Lipinski definition) is 3. The van der Waals surface area contributed by atoms with Crippen molar-refractivity contribution in [3.8, 4) is 5.75 Å². The number of phenolic OH excluding ortho intramolecular Hbond substituents is 1. The minimum Gasteiger partial charge on any atom is -0.505 e. The van der Waals surface area contributed by atoms with E-state index in [1.165, 1.54) is 6.92 Å². The Hall–Kier alpha value is -1.85. The molecule has 0 fully saturated rings. The van der Waals surface area contributed by atoms with Crippen LogP contribution < -0.4 is 5.32 Å². The molecule has 0 saturated heterocycles. The van der Waals surface area contributed by atoms with E-state index >= 15 is 0 Å². The number of aryl methyl sites for hydroxylation is 1. The van der Waals surface area contributed by atoms with Crippen molar-refractivity contribution < 1.29 is 23.4 Å². The molecule has 100 valence electrons. The number of carbonyl (C=O) groups is 1. The van der Waals surface area contributed by atoms with E-state index in [9.17, 15) is 18.7 Å². The first kappa shape index (κ1) is 14.2. The second-order valence-electron chi connectivity index (χ2n) is 4.84. The summed E-state index contributed by atoms with van der Waals surface area (Å²) in [7, 11) is 0. The summed E-state index contributed by atoms with van der Waals surface area (Å²) in [6.45, 7) is 6.32. The molecule has 6 heteroatoms. The Morgan fingerprint density at radius 1 is 1.33 bits per heavy atom. The highest BCUT2D eigenvalue weighted by molar-refractivity contribution is 5.85. The third-order valence-electron chi connectivity index (χ3n) is 2.01. The van der Waals surface area contributed by atoms with Crippen LogP contribution in [0.25, 0.3) is 0 Å². The number of anilines is 1. The van der Waals surface area contributed by atoms with Gasteiger partial charge in [0.05, 0.1) is 5.69 Å². The van der Waals surface area contributed by atoms with Crippen LogP contribution in [0.1, 0.15) is 26.3 Å². The predicted octanol–water partition coefficient (Wildman–Crippen LogP) is 3.33. The third kappa shape index (κ3) is 3.32. The fraction of sp³-hybridized carbons (Fsp3) is 0.417. The number of ether oxygens (including phenoxy) is 1. The summed E-state index contributed by atoms with van der Waals surface area (Å²) in [5.41, 5.74) is -1.01. The van der Waals surface area contributed by atoms with Gasteiger partial charge in [-0.05, 0) is 39.3 Å². The number of hydrogen-bond donors (Lipinski definition) is 2. The lowest BCUT2D eigenvalue weighted by Gasteiger charge is -2.20. The zero-order valence-electron chi connectivity index (χ0n) is 10.6. The van der Waals surface area contributed by atoms with Gasteiger partial charge in [0.1, 0.15) is 5.60 Å². The fourth-order valence-electron chi connectivity index (χ4n) is 1.25. The number of nitrogens with one attached hydrogen (secondary N) is 1. The number of halogens is 2. The summed E-state index contributed by atoms with van der Waals surface area (Å²) in [4.78, 5) is 11.4. The minimum atomic E-state index is -1.40. The number of rotatable bonds is 1. The number of phenols is 1. The average molecular weight is 259 g/mol. The Morgan fingerprint density at radius 2 is 1.89 bits per heavy atom.